The van der Waals surface area contributed by atoms with Gasteiger partial charge in [-0.2, -0.15) is 0 Å². The summed E-state index contributed by atoms with van der Waals surface area (Å²) in [6.07, 6.45) is 2.81. The first-order chi connectivity index (χ1) is 10.6. The van der Waals surface area contributed by atoms with Crippen LogP contribution in [0.2, 0.25) is 0 Å². The number of non-ortho nitro benzene ring substituents is 1. The molecule has 1 aliphatic rings. The summed E-state index contributed by atoms with van der Waals surface area (Å²) < 4.78 is 0. The zero-order chi connectivity index (χ0) is 15.9. The molecular formula is C16H23N3O3. The normalized spacial score (nSPS) is 17.0. The molecule has 1 aromatic carbocycles. The van der Waals surface area contributed by atoms with Gasteiger partial charge in [-0.1, -0.05) is 19.1 Å². The number of nitro groups is 1. The quantitative estimate of drug-likeness (QED) is 0.623. The minimum Gasteiger partial charge on any atom is -0.352 e. The lowest BCUT2D eigenvalue weighted by molar-refractivity contribution is -0.384. The topological polar surface area (TPSA) is 84.3 Å². The van der Waals surface area contributed by atoms with E-state index in [0.717, 1.165) is 31.5 Å². The third kappa shape index (κ3) is 4.80. The molecule has 2 N–H and O–H groups in total. The summed E-state index contributed by atoms with van der Waals surface area (Å²) in [5.41, 5.74) is 0.933. The summed E-state index contributed by atoms with van der Waals surface area (Å²) in [5.74, 6) is 1.05. The Morgan fingerprint density at radius 2 is 2.00 bits per heavy atom. The molecule has 6 heteroatoms. The number of benzene rings is 1. The first-order valence-corrected chi connectivity index (χ1v) is 7.77. The number of nitrogens with zero attached hydrogens (tertiary/aromatic N) is 1. The van der Waals surface area contributed by atoms with Crippen molar-refractivity contribution in [3.8, 4) is 0 Å². The van der Waals surface area contributed by atoms with Crippen LogP contribution in [0.15, 0.2) is 24.3 Å². The Morgan fingerprint density at radius 1 is 1.36 bits per heavy atom. The molecule has 120 valence electrons. The van der Waals surface area contributed by atoms with Crippen molar-refractivity contribution in [1.82, 2.24) is 10.6 Å². The van der Waals surface area contributed by atoms with Gasteiger partial charge in [-0.3, -0.25) is 14.9 Å². The van der Waals surface area contributed by atoms with Crippen molar-refractivity contribution < 1.29 is 9.72 Å². The number of amides is 1. The standard InChI is InChI=1S/C16H23N3O3/c1-12(14-6-8-17-9-7-14)10-16(20)18-11-13-2-4-15(5-3-13)19(21)22/h2-5,12,14,17H,6-11H2,1H3,(H,18,20). The van der Waals surface area contributed by atoms with E-state index in [2.05, 4.69) is 17.6 Å². The van der Waals surface area contributed by atoms with Crippen LogP contribution in [0.4, 0.5) is 5.69 Å². The molecule has 1 saturated heterocycles. The van der Waals surface area contributed by atoms with Crippen molar-refractivity contribution in [3.63, 3.8) is 0 Å². The third-order valence-corrected chi connectivity index (χ3v) is 4.33. The van der Waals surface area contributed by atoms with Crippen molar-refractivity contribution in [3.05, 3.63) is 39.9 Å². The van der Waals surface area contributed by atoms with Gasteiger partial charge in [-0.05, 0) is 43.3 Å². The van der Waals surface area contributed by atoms with E-state index >= 15 is 0 Å². The van der Waals surface area contributed by atoms with Crippen molar-refractivity contribution in [1.29, 1.82) is 0 Å². The Balaban J connectivity index is 1.75. The molecule has 1 aliphatic heterocycles. The van der Waals surface area contributed by atoms with Crippen LogP contribution < -0.4 is 10.6 Å². The van der Waals surface area contributed by atoms with E-state index in [4.69, 9.17) is 0 Å². The molecule has 1 fully saturated rings. The summed E-state index contributed by atoms with van der Waals surface area (Å²) in [7, 11) is 0. The van der Waals surface area contributed by atoms with Gasteiger partial charge in [0, 0.05) is 25.1 Å². The number of piperidine rings is 1. The van der Waals surface area contributed by atoms with Gasteiger partial charge in [0.15, 0.2) is 0 Å². The molecule has 1 amide bonds. The van der Waals surface area contributed by atoms with Gasteiger partial charge < -0.3 is 10.6 Å². The molecule has 0 aromatic heterocycles. The smallest absolute Gasteiger partial charge is 0.269 e. The van der Waals surface area contributed by atoms with Crippen LogP contribution in [-0.4, -0.2) is 23.9 Å². The third-order valence-electron chi connectivity index (χ3n) is 4.33. The van der Waals surface area contributed by atoms with E-state index < -0.39 is 4.92 Å². The van der Waals surface area contributed by atoms with E-state index in [1.807, 2.05) is 0 Å². The van der Waals surface area contributed by atoms with Crippen LogP contribution >= 0.6 is 0 Å². The molecule has 1 heterocycles. The Bertz CT molecular complexity index is 510. The van der Waals surface area contributed by atoms with Crippen molar-refractivity contribution in [2.24, 2.45) is 11.8 Å². The summed E-state index contributed by atoms with van der Waals surface area (Å²) in [4.78, 5) is 22.2. The molecule has 6 nitrogen and oxygen atoms in total. The van der Waals surface area contributed by atoms with Gasteiger partial charge in [-0.25, -0.2) is 0 Å². The van der Waals surface area contributed by atoms with Gasteiger partial charge >= 0.3 is 0 Å². The Kier molecular flexibility index (Phi) is 5.89. The number of hydrogen-bond acceptors (Lipinski definition) is 4. The molecule has 1 unspecified atom stereocenters. The van der Waals surface area contributed by atoms with Crippen molar-refractivity contribution >= 4 is 11.6 Å². The second-order valence-electron chi connectivity index (χ2n) is 5.97. The highest BCUT2D eigenvalue weighted by Crippen LogP contribution is 2.24. The predicted molar refractivity (Wildman–Crippen MR) is 84.3 cm³/mol. The van der Waals surface area contributed by atoms with E-state index in [1.54, 1.807) is 12.1 Å². The van der Waals surface area contributed by atoms with E-state index in [0.29, 0.717) is 24.8 Å². The minimum atomic E-state index is -0.428. The minimum absolute atomic E-state index is 0.0457. The van der Waals surface area contributed by atoms with Crippen molar-refractivity contribution in [2.75, 3.05) is 13.1 Å². The van der Waals surface area contributed by atoms with Crippen LogP contribution in [0.25, 0.3) is 0 Å². The largest absolute Gasteiger partial charge is 0.352 e. The molecule has 2 rings (SSSR count). The zero-order valence-electron chi connectivity index (χ0n) is 12.9. The first kappa shape index (κ1) is 16.4. The molecule has 1 atom stereocenters. The van der Waals surface area contributed by atoms with Gasteiger partial charge in [0.2, 0.25) is 5.91 Å². The highest BCUT2D eigenvalue weighted by atomic mass is 16.6. The van der Waals surface area contributed by atoms with E-state index in [1.165, 1.54) is 12.1 Å². The second-order valence-corrected chi connectivity index (χ2v) is 5.97. The average Bonchev–Trinajstić information content (AvgIpc) is 2.54. The summed E-state index contributed by atoms with van der Waals surface area (Å²) >= 11 is 0. The highest BCUT2D eigenvalue weighted by molar-refractivity contribution is 5.76. The molecule has 0 radical (unpaired) electrons. The SMILES string of the molecule is CC(CC(=O)NCc1ccc([N+](=O)[O-])cc1)C1CCNCC1. The fourth-order valence-corrected chi connectivity index (χ4v) is 2.88. The fraction of sp³-hybridized carbons (Fsp3) is 0.562. The number of carbonyl (C=O) groups excluding carboxylic acids is 1. The number of nitrogens with one attached hydrogen (secondary N) is 2. The maximum Gasteiger partial charge on any atom is 0.269 e. The van der Waals surface area contributed by atoms with Gasteiger partial charge in [0.1, 0.15) is 0 Å². The Morgan fingerprint density at radius 3 is 2.59 bits per heavy atom. The van der Waals surface area contributed by atoms with Crippen LogP contribution in [0, 0.1) is 22.0 Å². The van der Waals surface area contributed by atoms with Crippen LogP contribution in [0.5, 0.6) is 0 Å². The first-order valence-electron chi connectivity index (χ1n) is 7.77. The molecule has 0 saturated carbocycles. The maximum atomic E-state index is 12.0. The lowest BCUT2D eigenvalue weighted by Gasteiger charge is -2.27. The summed E-state index contributed by atoms with van der Waals surface area (Å²) in [6.45, 7) is 4.63. The molecule has 0 bridgehead atoms. The molecule has 0 spiro atoms. The number of nitro benzene ring substituents is 1. The van der Waals surface area contributed by atoms with Crippen LogP contribution in [0.3, 0.4) is 0 Å². The van der Waals surface area contributed by atoms with Gasteiger partial charge in [-0.15, -0.1) is 0 Å². The summed E-state index contributed by atoms with van der Waals surface area (Å²) in [5, 5.41) is 16.8. The monoisotopic (exact) mass is 305 g/mol. The van der Waals surface area contributed by atoms with Crippen LogP contribution in [0.1, 0.15) is 31.7 Å². The number of rotatable bonds is 6. The van der Waals surface area contributed by atoms with Crippen LogP contribution in [-0.2, 0) is 11.3 Å². The Hall–Kier alpha value is -1.95. The van der Waals surface area contributed by atoms with Gasteiger partial charge in [0.25, 0.3) is 5.69 Å². The second kappa shape index (κ2) is 7.89. The lowest BCUT2D eigenvalue weighted by Crippen LogP contribution is -2.33. The van der Waals surface area contributed by atoms with E-state index in [-0.39, 0.29) is 11.6 Å². The zero-order valence-corrected chi connectivity index (χ0v) is 12.9. The van der Waals surface area contributed by atoms with Crippen molar-refractivity contribution in [2.45, 2.75) is 32.7 Å². The number of hydrogen-bond donors (Lipinski definition) is 2. The lowest BCUT2D eigenvalue weighted by atomic mass is 9.84. The number of carbonyl (C=O) groups is 1. The highest BCUT2D eigenvalue weighted by Gasteiger charge is 2.21. The molecule has 0 aliphatic carbocycles. The maximum absolute atomic E-state index is 12.0. The molecular weight excluding hydrogens is 282 g/mol. The predicted octanol–water partition coefficient (Wildman–Crippen LogP) is 2.24. The van der Waals surface area contributed by atoms with Gasteiger partial charge in [0.05, 0.1) is 4.92 Å². The average molecular weight is 305 g/mol. The fourth-order valence-electron chi connectivity index (χ4n) is 2.88. The molecule has 22 heavy (non-hydrogen) atoms. The Labute approximate surface area is 130 Å². The molecule has 1 aromatic rings. The van der Waals surface area contributed by atoms with E-state index in [9.17, 15) is 14.9 Å². The summed E-state index contributed by atoms with van der Waals surface area (Å²) in [6, 6.07) is 6.27.